The molecule has 2 rings (SSSR count). The number of hydrogen-bond donors (Lipinski definition) is 3. The molecule has 0 unspecified atom stereocenters. The fourth-order valence-corrected chi connectivity index (χ4v) is 2.95. The summed E-state index contributed by atoms with van der Waals surface area (Å²) in [6.07, 6.45) is -3.10. The van der Waals surface area contributed by atoms with Crippen LogP contribution in [0.25, 0.3) is 0 Å². The van der Waals surface area contributed by atoms with Crippen molar-refractivity contribution >= 4 is 11.9 Å². The Labute approximate surface area is 170 Å². The summed E-state index contributed by atoms with van der Waals surface area (Å²) >= 11 is 0. The molecule has 0 amide bonds. The lowest BCUT2D eigenvalue weighted by molar-refractivity contribution is -0.192. The van der Waals surface area contributed by atoms with E-state index in [-0.39, 0.29) is 31.7 Å². The van der Waals surface area contributed by atoms with Crippen molar-refractivity contribution in [1.82, 2.24) is 15.1 Å². The molecule has 2 atom stereocenters. The molecule has 3 N–H and O–H groups in total. The summed E-state index contributed by atoms with van der Waals surface area (Å²) in [6, 6.07) is -0.772. The first kappa shape index (κ1) is 25.8. The quantitative estimate of drug-likeness (QED) is 0.473. The second-order valence-corrected chi connectivity index (χ2v) is 7.46. The van der Waals surface area contributed by atoms with Crippen LogP contribution in [0.15, 0.2) is 6.20 Å². The molecule has 0 radical (unpaired) electrons. The van der Waals surface area contributed by atoms with Gasteiger partial charge < -0.3 is 15.5 Å². The van der Waals surface area contributed by atoms with Gasteiger partial charge in [0.25, 0.3) is 5.92 Å². The summed E-state index contributed by atoms with van der Waals surface area (Å²) in [5, 5.41) is 23.5. The SMILES string of the molecule is Cc1nn(C(C)C)cc1CN[C@@H]1CC[C@@H](C(=O)O)CCC1(F)F.O=C(O)C(F)(F)F. The maximum absolute atomic E-state index is 14.2. The summed E-state index contributed by atoms with van der Waals surface area (Å²) in [5.41, 5.74) is 1.72. The van der Waals surface area contributed by atoms with Crippen molar-refractivity contribution in [3.63, 3.8) is 0 Å². The number of hydrogen-bond acceptors (Lipinski definition) is 4. The molecule has 0 saturated heterocycles. The molecule has 7 nitrogen and oxygen atoms in total. The van der Waals surface area contributed by atoms with Crippen LogP contribution in [0.1, 0.15) is 56.8 Å². The minimum atomic E-state index is -5.08. The van der Waals surface area contributed by atoms with Gasteiger partial charge in [0.1, 0.15) is 0 Å². The number of rotatable bonds is 5. The average molecular weight is 443 g/mol. The fourth-order valence-electron chi connectivity index (χ4n) is 2.95. The summed E-state index contributed by atoms with van der Waals surface area (Å²) in [7, 11) is 0. The third-order valence-corrected chi connectivity index (χ3v) is 4.82. The summed E-state index contributed by atoms with van der Waals surface area (Å²) in [5.74, 6) is -7.28. The van der Waals surface area contributed by atoms with Crippen LogP contribution in [-0.4, -0.2) is 50.1 Å². The number of aryl methyl sites for hydroxylation is 1. The highest BCUT2D eigenvalue weighted by Crippen LogP contribution is 2.35. The monoisotopic (exact) mass is 443 g/mol. The Morgan fingerprint density at radius 3 is 2.27 bits per heavy atom. The smallest absolute Gasteiger partial charge is 0.481 e. The predicted molar refractivity (Wildman–Crippen MR) is 96.2 cm³/mol. The van der Waals surface area contributed by atoms with E-state index < -0.39 is 36.0 Å². The van der Waals surface area contributed by atoms with Gasteiger partial charge in [-0.3, -0.25) is 9.48 Å². The van der Waals surface area contributed by atoms with E-state index in [0.29, 0.717) is 6.54 Å². The normalized spacial score (nSPS) is 21.5. The van der Waals surface area contributed by atoms with Gasteiger partial charge >= 0.3 is 18.1 Å². The van der Waals surface area contributed by atoms with E-state index in [4.69, 9.17) is 15.0 Å². The van der Waals surface area contributed by atoms with E-state index in [2.05, 4.69) is 10.4 Å². The molecule has 0 aromatic carbocycles. The Kier molecular flexibility index (Phi) is 8.76. The largest absolute Gasteiger partial charge is 0.490 e. The molecule has 1 aliphatic rings. The van der Waals surface area contributed by atoms with Crippen LogP contribution in [0.2, 0.25) is 0 Å². The topological polar surface area (TPSA) is 104 Å². The van der Waals surface area contributed by atoms with Crippen molar-refractivity contribution in [3.05, 3.63) is 17.5 Å². The zero-order chi connectivity index (χ0) is 23.3. The van der Waals surface area contributed by atoms with Gasteiger partial charge in [-0.05, 0) is 40.0 Å². The van der Waals surface area contributed by atoms with Gasteiger partial charge in [0.2, 0.25) is 0 Å². The number of carboxylic acid groups (broad SMARTS) is 2. The van der Waals surface area contributed by atoms with Crippen molar-refractivity contribution in [1.29, 1.82) is 0 Å². The molecule has 0 spiro atoms. The van der Waals surface area contributed by atoms with Gasteiger partial charge in [0.15, 0.2) is 0 Å². The molecule has 0 bridgehead atoms. The molecule has 1 saturated carbocycles. The zero-order valence-electron chi connectivity index (χ0n) is 16.8. The second kappa shape index (κ2) is 10.2. The van der Waals surface area contributed by atoms with E-state index >= 15 is 0 Å². The lowest BCUT2D eigenvalue weighted by atomic mass is 10.0. The first-order valence-corrected chi connectivity index (χ1v) is 9.34. The zero-order valence-corrected chi connectivity index (χ0v) is 16.8. The van der Waals surface area contributed by atoms with Crippen molar-refractivity contribution in [3.8, 4) is 0 Å². The van der Waals surface area contributed by atoms with Gasteiger partial charge in [-0.15, -0.1) is 0 Å². The van der Waals surface area contributed by atoms with Crippen LogP contribution in [0.4, 0.5) is 22.0 Å². The summed E-state index contributed by atoms with van der Waals surface area (Å²) in [4.78, 5) is 19.9. The lowest BCUT2D eigenvalue weighted by Gasteiger charge is -2.25. The van der Waals surface area contributed by atoms with E-state index in [0.717, 1.165) is 11.3 Å². The number of halogens is 5. The van der Waals surface area contributed by atoms with Gasteiger partial charge in [-0.1, -0.05) is 0 Å². The highest BCUT2D eigenvalue weighted by Gasteiger charge is 2.43. The van der Waals surface area contributed by atoms with Crippen LogP contribution in [0.3, 0.4) is 0 Å². The summed E-state index contributed by atoms with van der Waals surface area (Å²) < 4.78 is 62.0. The van der Waals surface area contributed by atoms with E-state index in [1.807, 2.05) is 31.6 Å². The molecule has 1 aromatic heterocycles. The third-order valence-electron chi connectivity index (χ3n) is 4.82. The number of alkyl halides is 5. The number of aliphatic carboxylic acids is 2. The first-order chi connectivity index (χ1) is 13.6. The molecule has 1 aromatic rings. The standard InChI is InChI=1S/C16H25F2N3O2.C2HF3O2/c1-10(2)21-9-13(11(3)20-21)8-19-14-5-4-12(15(22)23)6-7-16(14,17)18;3-2(4,5)1(6)7/h9-10,12,14,19H,4-8H2,1-3H3,(H,22,23);(H,6,7)/t12-,14-;/m1./s1. The predicted octanol–water partition coefficient (Wildman–Crippen LogP) is 3.77. The van der Waals surface area contributed by atoms with Crippen LogP contribution in [0, 0.1) is 12.8 Å². The molecule has 1 aliphatic carbocycles. The minimum absolute atomic E-state index is 0.0326. The van der Waals surface area contributed by atoms with Crippen molar-refractivity contribution in [2.45, 2.75) is 77.2 Å². The molecule has 1 fully saturated rings. The third kappa shape index (κ3) is 7.54. The van der Waals surface area contributed by atoms with Crippen LogP contribution in [0.5, 0.6) is 0 Å². The maximum Gasteiger partial charge on any atom is 0.490 e. The van der Waals surface area contributed by atoms with Crippen molar-refractivity contribution in [2.75, 3.05) is 0 Å². The Hall–Kier alpha value is -2.24. The number of nitrogens with one attached hydrogen (secondary N) is 1. The average Bonchev–Trinajstić information content (AvgIpc) is 2.89. The number of aromatic nitrogens is 2. The van der Waals surface area contributed by atoms with E-state index in [1.54, 1.807) is 0 Å². The Bertz CT molecular complexity index is 734. The molecule has 1 heterocycles. The molecular weight excluding hydrogens is 417 g/mol. The van der Waals surface area contributed by atoms with Gasteiger partial charge in [-0.25, -0.2) is 13.6 Å². The Balaban J connectivity index is 0.000000553. The fraction of sp³-hybridized carbons (Fsp3) is 0.722. The van der Waals surface area contributed by atoms with Crippen LogP contribution < -0.4 is 5.32 Å². The van der Waals surface area contributed by atoms with Crippen LogP contribution in [-0.2, 0) is 16.1 Å². The highest BCUT2D eigenvalue weighted by molar-refractivity contribution is 5.73. The molecule has 12 heteroatoms. The lowest BCUT2D eigenvalue weighted by Crippen LogP contribution is -2.43. The van der Waals surface area contributed by atoms with Gasteiger partial charge in [-0.2, -0.15) is 18.3 Å². The maximum atomic E-state index is 14.2. The molecule has 0 aliphatic heterocycles. The van der Waals surface area contributed by atoms with E-state index in [1.165, 1.54) is 0 Å². The molecular formula is C18H26F5N3O4. The van der Waals surface area contributed by atoms with Crippen molar-refractivity contribution < 1.29 is 41.8 Å². The molecule has 172 valence electrons. The van der Waals surface area contributed by atoms with Gasteiger partial charge in [0.05, 0.1) is 17.7 Å². The molecule has 30 heavy (non-hydrogen) atoms. The van der Waals surface area contributed by atoms with Gasteiger partial charge in [0, 0.05) is 30.8 Å². The minimum Gasteiger partial charge on any atom is -0.481 e. The number of carboxylic acids is 2. The number of carbonyl (C=O) groups is 2. The number of nitrogens with zero attached hydrogens (tertiary/aromatic N) is 2. The van der Waals surface area contributed by atoms with E-state index in [9.17, 15) is 26.7 Å². The van der Waals surface area contributed by atoms with Crippen LogP contribution >= 0.6 is 0 Å². The van der Waals surface area contributed by atoms with Crippen molar-refractivity contribution in [2.24, 2.45) is 5.92 Å². The second-order valence-electron chi connectivity index (χ2n) is 7.46. The summed E-state index contributed by atoms with van der Waals surface area (Å²) in [6.45, 7) is 6.20. The first-order valence-electron chi connectivity index (χ1n) is 9.34. The highest BCUT2D eigenvalue weighted by atomic mass is 19.4. The Morgan fingerprint density at radius 1 is 1.27 bits per heavy atom. The Morgan fingerprint density at radius 2 is 1.83 bits per heavy atom.